The number of hydrogen-bond donors (Lipinski definition) is 2. The Kier molecular flexibility index (Phi) is 4.84. The minimum Gasteiger partial charge on any atom is -0.383 e. The molecule has 4 rings (SSSR count). The van der Waals surface area contributed by atoms with Crippen molar-refractivity contribution in [2.45, 2.75) is 12.1 Å². The molecule has 1 aliphatic rings. The van der Waals surface area contributed by atoms with Gasteiger partial charge in [-0.25, -0.2) is 0 Å². The summed E-state index contributed by atoms with van der Waals surface area (Å²) in [6.45, 7) is 2.60. The number of aromatic nitrogens is 1. The molecular formula is C21H22N2O3. The molecule has 0 unspecified atom stereocenters. The van der Waals surface area contributed by atoms with Crippen molar-refractivity contribution in [1.29, 1.82) is 0 Å². The minimum absolute atomic E-state index is 0.261. The van der Waals surface area contributed by atoms with Crippen LogP contribution in [0.3, 0.4) is 0 Å². The number of nitrogens with zero attached hydrogens (tertiary/aromatic N) is 1. The largest absolute Gasteiger partial charge is 0.383 e. The number of aromatic amines is 1. The number of ether oxygens (including phenoxy) is 1. The number of carbonyl (C=O) groups excluding carboxylic acids is 1. The first kappa shape index (κ1) is 17.0. The van der Waals surface area contributed by atoms with Gasteiger partial charge in [0.25, 0.3) is 0 Å². The standard InChI is InChI=1S/C21H22N2O3/c24-20(17-14-22-18-9-5-4-8-16(17)18)21(25)19(15-6-2-1-3-7-15)23-10-12-26-13-11-23/h1-9,14,19,21-22,25H,10-13H2/t19-,21+/m1/s1. The van der Waals surface area contributed by atoms with Crippen LogP contribution >= 0.6 is 0 Å². The van der Waals surface area contributed by atoms with Crippen LogP contribution in [0.2, 0.25) is 0 Å². The highest BCUT2D eigenvalue weighted by Crippen LogP contribution is 2.29. The molecule has 2 N–H and O–H groups in total. The quantitative estimate of drug-likeness (QED) is 0.695. The lowest BCUT2D eigenvalue weighted by molar-refractivity contribution is -0.0172. The Morgan fingerprint density at radius 1 is 1.04 bits per heavy atom. The molecule has 5 heteroatoms. The van der Waals surface area contributed by atoms with Gasteiger partial charge in [0.1, 0.15) is 6.10 Å². The van der Waals surface area contributed by atoms with Gasteiger partial charge in [-0.15, -0.1) is 0 Å². The topological polar surface area (TPSA) is 65.6 Å². The Labute approximate surface area is 152 Å². The van der Waals surface area contributed by atoms with Crippen molar-refractivity contribution in [3.63, 3.8) is 0 Å². The van der Waals surface area contributed by atoms with Crippen molar-refractivity contribution < 1.29 is 14.6 Å². The lowest BCUT2D eigenvalue weighted by Gasteiger charge is -2.36. The number of hydrogen-bond acceptors (Lipinski definition) is 4. The number of aliphatic hydroxyl groups is 1. The lowest BCUT2D eigenvalue weighted by atomic mass is 9.93. The summed E-state index contributed by atoms with van der Waals surface area (Å²) in [6, 6.07) is 17.0. The van der Waals surface area contributed by atoms with E-state index in [-0.39, 0.29) is 11.8 Å². The molecule has 0 aliphatic carbocycles. The Bertz CT molecular complexity index is 884. The number of nitrogens with one attached hydrogen (secondary N) is 1. The average molecular weight is 350 g/mol. The molecule has 3 aromatic rings. The number of morpholine rings is 1. The number of para-hydroxylation sites is 1. The number of benzene rings is 2. The van der Waals surface area contributed by atoms with Crippen LogP contribution in [0.4, 0.5) is 0 Å². The summed E-state index contributed by atoms with van der Waals surface area (Å²) in [4.78, 5) is 18.4. The first-order valence-electron chi connectivity index (χ1n) is 8.91. The Morgan fingerprint density at radius 2 is 1.73 bits per heavy atom. The number of aliphatic hydroxyl groups excluding tert-OH is 1. The van der Waals surface area contributed by atoms with Gasteiger partial charge in [-0.3, -0.25) is 9.69 Å². The molecule has 0 radical (unpaired) electrons. The fraction of sp³-hybridized carbons (Fsp3) is 0.286. The van der Waals surface area contributed by atoms with E-state index in [1.807, 2.05) is 54.6 Å². The van der Waals surface area contributed by atoms with Gasteiger partial charge >= 0.3 is 0 Å². The van der Waals surface area contributed by atoms with Crippen molar-refractivity contribution >= 4 is 16.7 Å². The summed E-state index contributed by atoms with van der Waals surface area (Å²) in [7, 11) is 0. The molecule has 0 amide bonds. The molecular weight excluding hydrogens is 328 g/mol. The monoisotopic (exact) mass is 350 g/mol. The zero-order valence-electron chi connectivity index (χ0n) is 14.5. The zero-order chi connectivity index (χ0) is 17.9. The molecule has 2 aromatic carbocycles. The molecule has 1 aromatic heterocycles. The van der Waals surface area contributed by atoms with Crippen molar-refractivity contribution in [2.24, 2.45) is 0 Å². The Hall–Kier alpha value is -2.47. The summed E-state index contributed by atoms with van der Waals surface area (Å²) >= 11 is 0. The van der Waals surface area contributed by atoms with Gasteiger partial charge in [-0.2, -0.15) is 0 Å². The van der Waals surface area contributed by atoms with E-state index in [9.17, 15) is 9.90 Å². The molecule has 1 saturated heterocycles. The predicted molar refractivity (Wildman–Crippen MR) is 100 cm³/mol. The van der Waals surface area contributed by atoms with Gasteiger partial charge in [-0.05, 0) is 11.6 Å². The lowest BCUT2D eigenvalue weighted by Crippen LogP contribution is -2.46. The molecule has 134 valence electrons. The first-order valence-corrected chi connectivity index (χ1v) is 8.91. The van der Waals surface area contributed by atoms with Crippen molar-refractivity contribution in [3.8, 4) is 0 Å². The molecule has 0 saturated carbocycles. The average Bonchev–Trinajstić information content (AvgIpc) is 3.13. The number of carbonyl (C=O) groups is 1. The first-order chi connectivity index (χ1) is 12.8. The van der Waals surface area contributed by atoms with E-state index in [0.717, 1.165) is 16.5 Å². The number of Topliss-reactive ketones (excluding diaryl/α,β-unsaturated/α-hetero) is 1. The molecule has 2 atom stereocenters. The Morgan fingerprint density at radius 3 is 2.50 bits per heavy atom. The summed E-state index contributed by atoms with van der Waals surface area (Å²) < 4.78 is 5.44. The molecule has 1 aliphatic heterocycles. The highest BCUT2D eigenvalue weighted by Gasteiger charge is 2.34. The van der Waals surface area contributed by atoms with E-state index < -0.39 is 6.10 Å². The van der Waals surface area contributed by atoms with E-state index in [0.29, 0.717) is 31.9 Å². The van der Waals surface area contributed by atoms with Gasteiger partial charge in [0, 0.05) is 35.8 Å². The minimum atomic E-state index is -1.14. The third-order valence-corrected chi connectivity index (χ3v) is 5.00. The van der Waals surface area contributed by atoms with Crippen molar-refractivity contribution in [3.05, 3.63) is 71.9 Å². The second-order valence-corrected chi connectivity index (χ2v) is 6.56. The van der Waals surface area contributed by atoms with Crippen LogP contribution in [0.5, 0.6) is 0 Å². The highest BCUT2D eigenvalue weighted by molar-refractivity contribution is 6.10. The third-order valence-electron chi connectivity index (χ3n) is 5.00. The van der Waals surface area contributed by atoms with Gasteiger partial charge in [0.2, 0.25) is 0 Å². The van der Waals surface area contributed by atoms with Gasteiger partial charge in [0.05, 0.1) is 19.3 Å². The normalized spacial score (nSPS) is 17.9. The van der Waals surface area contributed by atoms with Crippen LogP contribution < -0.4 is 0 Å². The van der Waals surface area contributed by atoms with Crippen LogP contribution in [0.25, 0.3) is 10.9 Å². The fourth-order valence-electron chi connectivity index (χ4n) is 3.68. The summed E-state index contributed by atoms with van der Waals surface area (Å²) in [6.07, 6.45) is 0.548. The van der Waals surface area contributed by atoms with Crippen LogP contribution in [0, 0.1) is 0 Å². The maximum absolute atomic E-state index is 13.1. The Balaban J connectivity index is 1.69. The molecule has 2 heterocycles. The SMILES string of the molecule is O=C(c1c[nH]c2ccccc12)[C@@H](O)[C@@H](c1ccccc1)N1CCOCC1. The number of H-pyrrole nitrogens is 1. The molecule has 0 spiro atoms. The number of rotatable bonds is 5. The number of ketones is 1. The summed E-state index contributed by atoms with van der Waals surface area (Å²) in [5.41, 5.74) is 2.36. The van der Waals surface area contributed by atoms with Crippen LogP contribution in [0.15, 0.2) is 60.8 Å². The van der Waals surface area contributed by atoms with Gasteiger partial charge in [0.15, 0.2) is 5.78 Å². The maximum atomic E-state index is 13.1. The van der Waals surface area contributed by atoms with E-state index in [2.05, 4.69) is 9.88 Å². The predicted octanol–water partition coefficient (Wildman–Crippen LogP) is 2.79. The second kappa shape index (κ2) is 7.41. The van der Waals surface area contributed by atoms with E-state index in [4.69, 9.17) is 4.74 Å². The molecule has 1 fully saturated rings. The molecule has 0 bridgehead atoms. The van der Waals surface area contributed by atoms with Crippen LogP contribution in [0.1, 0.15) is 22.0 Å². The van der Waals surface area contributed by atoms with Crippen molar-refractivity contribution in [1.82, 2.24) is 9.88 Å². The summed E-state index contributed by atoms with van der Waals surface area (Å²) in [5.74, 6) is -0.261. The van der Waals surface area contributed by atoms with E-state index in [1.54, 1.807) is 6.20 Å². The highest BCUT2D eigenvalue weighted by atomic mass is 16.5. The maximum Gasteiger partial charge on any atom is 0.195 e. The summed E-state index contributed by atoms with van der Waals surface area (Å²) in [5, 5.41) is 11.9. The van der Waals surface area contributed by atoms with Crippen LogP contribution in [-0.2, 0) is 4.74 Å². The fourth-order valence-corrected chi connectivity index (χ4v) is 3.68. The van der Waals surface area contributed by atoms with Gasteiger partial charge in [-0.1, -0.05) is 48.5 Å². The smallest absolute Gasteiger partial charge is 0.195 e. The van der Waals surface area contributed by atoms with E-state index >= 15 is 0 Å². The number of fused-ring (bicyclic) bond motifs is 1. The molecule has 5 nitrogen and oxygen atoms in total. The molecule has 26 heavy (non-hydrogen) atoms. The zero-order valence-corrected chi connectivity index (χ0v) is 14.5. The van der Waals surface area contributed by atoms with Crippen molar-refractivity contribution in [2.75, 3.05) is 26.3 Å². The third kappa shape index (κ3) is 3.17. The van der Waals surface area contributed by atoms with E-state index in [1.165, 1.54) is 0 Å². The van der Waals surface area contributed by atoms with Gasteiger partial charge < -0.3 is 14.8 Å². The van der Waals surface area contributed by atoms with Crippen LogP contribution in [-0.4, -0.2) is 53.2 Å². The second-order valence-electron chi connectivity index (χ2n) is 6.56.